The van der Waals surface area contributed by atoms with Crippen molar-refractivity contribution in [2.45, 2.75) is 19.8 Å². The minimum absolute atomic E-state index is 0.708. The first kappa shape index (κ1) is 9.96. The predicted molar refractivity (Wildman–Crippen MR) is 47.6 cm³/mol. The lowest BCUT2D eigenvalue weighted by Gasteiger charge is -2.29. The first-order valence-corrected chi connectivity index (χ1v) is 4.82. The maximum Gasteiger partial charge on any atom is 0.129 e. The molecule has 1 rings (SSSR count). The van der Waals surface area contributed by atoms with E-state index >= 15 is 0 Å². The number of hydroxylamine groups is 3. The maximum atomic E-state index is 5.79. The molecule has 0 radical (unpaired) electrons. The third-order valence-corrected chi connectivity index (χ3v) is 2.61. The van der Waals surface area contributed by atoms with Crippen molar-refractivity contribution in [1.29, 1.82) is 0 Å². The van der Waals surface area contributed by atoms with Gasteiger partial charge in [-0.2, -0.15) is 4.65 Å². The van der Waals surface area contributed by atoms with Gasteiger partial charge in [0.05, 0.1) is 6.61 Å². The molecule has 1 saturated heterocycles. The number of methoxy groups -OCH3 is 1. The second kappa shape index (κ2) is 4.80. The molecule has 3 nitrogen and oxygen atoms in total. The smallest absolute Gasteiger partial charge is 0.129 e. The molecular weight excluding hydrogens is 154 g/mol. The zero-order valence-electron chi connectivity index (χ0n) is 8.21. The molecule has 0 aliphatic carbocycles. The van der Waals surface area contributed by atoms with E-state index in [1.165, 1.54) is 25.9 Å². The van der Waals surface area contributed by atoms with Gasteiger partial charge in [0.15, 0.2) is 0 Å². The quantitative estimate of drug-likeness (QED) is 0.460. The average molecular weight is 174 g/mol. The maximum absolute atomic E-state index is 5.79. The van der Waals surface area contributed by atoms with Gasteiger partial charge in [-0.3, -0.25) is 0 Å². The topological polar surface area (TPSA) is 18.5 Å². The monoisotopic (exact) mass is 174 g/mol. The number of nitrogens with zero attached hydrogens (tertiary/aromatic N) is 1. The van der Waals surface area contributed by atoms with Crippen molar-refractivity contribution in [3.8, 4) is 0 Å². The van der Waals surface area contributed by atoms with Crippen LogP contribution in [-0.2, 0) is 9.57 Å². The van der Waals surface area contributed by atoms with Gasteiger partial charge in [-0.05, 0) is 6.92 Å². The van der Waals surface area contributed by atoms with Crippen LogP contribution in [-0.4, -0.2) is 44.6 Å². The number of quaternary nitrogens is 1. The van der Waals surface area contributed by atoms with Crippen molar-refractivity contribution in [3.05, 3.63) is 0 Å². The van der Waals surface area contributed by atoms with Crippen LogP contribution in [0, 0.1) is 0 Å². The predicted octanol–water partition coefficient (Wildman–Crippen LogP) is 1.19. The van der Waals surface area contributed by atoms with Crippen molar-refractivity contribution < 1.29 is 14.2 Å². The van der Waals surface area contributed by atoms with Crippen LogP contribution in [0.4, 0.5) is 0 Å². The third kappa shape index (κ3) is 2.44. The highest BCUT2D eigenvalue weighted by Gasteiger charge is 2.31. The van der Waals surface area contributed by atoms with Gasteiger partial charge < -0.3 is 4.74 Å². The standard InChI is InChI=1S/C9H20NO2/c1-3-10(6-4-5-7-10)12-9-8-11-2/h3-9H2,1-2H3/q+1. The first-order chi connectivity index (χ1) is 5.83. The van der Waals surface area contributed by atoms with Crippen LogP contribution in [0.25, 0.3) is 0 Å². The summed E-state index contributed by atoms with van der Waals surface area (Å²) in [5.41, 5.74) is 0. The summed E-state index contributed by atoms with van der Waals surface area (Å²) in [5.74, 6) is 0. The zero-order chi connectivity index (χ0) is 8.86. The van der Waals surface area contributed by atoms with Crippen molar-refractivity contribution in [2.75, 3.05) is 40.0 Å². The summed E-state index contributed by atoms with van der Waals surface area (Å²) in [4.78, 5) is 5.79. The van der Waals surface area contributed by atoms with Crippen LogP contribution in [0.2, 0.25) is 0 Å². The molecule has 12 heavy (non-hydrogen) atoms. The second-order valence-electron chi connectivity index (χ2n) is 3.35. The summed E-state index contributed by atoms with van der Waals surface area (Å²) >= 11 is 0. The normalized spacial score (nSPS) is 21.5. The first-order valence-electron chi connectivity index (χ1n) is 4.82. The molecule has 0 spiro atoms. The molecule has 0 atom stereocenters. The van der Waals surface area contributed by atoms with Crippen molar-refractivity contribution in [3.63, 3.8) is 0 Å². The molecule has 1 aliphatic heterocycles. The molecule has 0 bridgehead atoms. The van der Waals surface area contributed by atoms with E-state index in [2.05, 4.69) is 6.92 Å². The van der Waals surface area contributed by atoms with Gasteiger partial charge in [-0.1, -0.05) is 0 Å². The molecule has 0 unspecified atom stereocenters. The Bertz CT molecular complexity index is 122. The molecule has 0 amide bonds. The fourth-order valence-electron chi connectivity index (χ4n) is 1.76. The van der Waals surface area contributed by atoms with Crippen molar-refractivity contribution in [1.82, 2.24) is 0 Å². The molecule has 1 heterocycles. The van der Waals surface area contributed by atoms with Gasteiger partial charge in [-0.25, -0.2) is 4.84 Å². The third-order valence-electron chi connectivity index (χ3n) is 2.61. The Hall–Kier alpha value is -0.120. The van der Waals surface area contributed by atoms with Crippen LogP contribution in [0.5, 0.6) is 0 Å². The lowest BCUT2D eigenvalue weighted by molar-refractivity contribution is -1.10. The molecule has 3 heteroatoms. The Balaban J connectivity index is 2.24. The van der Waals surface area contributed by atoms with Crippen LogP contribution in [0.15, 0.2) is 0 Å². The summed E-state index contributed by atoms with van der Waals surface area (Å²) in [6.45, 7) is 7.08. The molecule has 0 N–H and O–H groups in total. The average Bonchev–Trinajstić information content (AvgIpc) is 2.55. The number of likely N-dealkylation sites (tertiary alicyclic amines) is 1. The highest BCUT2D eigenvalue weighted by Crippen LogP contribution is 2.19. The summed E-state index contributed by atoms with van der Waals surface area (Å²) in [6.07, 6.45) is 2.61. The lowest BCUT2D eigenvalue weighted by Crippen LogP contribution is -2.45. The van der Waals surface area contributed by atoms with Crippen molar-refractivity contribution in [2.24, 2.45) is 0 Å². The number of ether oxygens (including phenoxy) is 1. The molecule has 0 aromatic carbocycles. The Morgan fingerprint density at radius 2 is 1.83 bits per heavy atom. The summed E-state index contributed by atoms with van der Waals surface area (Å²) in [5, 5.41) is 0. The molecule has 0 aromatic heterocycles. The van der Waals surface area contributed by atoms with E-state index in [0.717, 1.165) is 17.8 Å². The fraction of sp³-hybridized carbons (Fsp3) is 1.00. The molecule has 0 saturated carbocycles. The van der Waals surface area contributed by atoms with Gasteiger partial charge >= 0.3 is 0 Å². The number of hydrogen-bond donors (Lipinski definition) is 0. The summed E-state index contributed by atoms with van der Waals surface area (Å²) in [7, 11) is 1.71. The zero-order valence-corrected chi connectivity index (χ0v) is 8.21. The van der Waals surface area contributed by atoms with Gasteiger partial charge in [0.1, 0.15) is 26.2 Å². The van der Waals surface area contributed by atoms with E-state index in [1.807, 2.05) is 0 Å². The van der Waals surface area contributed by atoms with E-state index < -0.39 is 0 Å². The minimum Gasteiger partial charge on any atom is -0.382 e. The minimum atomic E-state index is 0.708. The van der Waals surface area contributed by atoms with Gasteiger partial charge in [-0.15, -0.1) is 0 Å². The van der Waals surface area contributed by atoms with E-state index in [9.17, 15) is 0 Å². The molecule has 1 aliphatic rings. The molecule has 72 valence electrons. The SMILES string of the molecule is CC[N+]1(OCCOC)CCCC1. The van der Waals surface area contributed by atoms with Crippen molar-refractivity contribution >= 4 is 0 Å². The Morgan fingerprint density at radius 3 is 2.33 bits per heavy atom. The summed E-state index contributed by atoms with van der Waals surface area (Å²) in [6, 6.07) is 0. The van der Waals surface area contributed by atoms with Crippen LogP contribution < -0.4 is 0 Å². The lowest BCUT2D eigenvalue weighted by atomic mass is 10.4. The molecule has 1 fully saturated rings. The molecular formula is C9H20NO2+. The van der Waals surface area contributed by atoms with Crippen LogP contribution >= 0.6 is 0 Å². The number of rotatable bonds is 5. The Labute approximate surface area is 74.8 Å². The Kier molecular flexibility index (Phi) is 3.98. The van der Waals surface area contributed by atoms with E-state index in [4.69, 9.17) is 9.57 Å². The van der Waals surface area contributed by atoms with E-state index in [-0.39, 0.29) is 0 Å². The number of hydrogen-bond acceptors (Lipinski definition) is 2. The van der Waals surface area contributed by atoms with Crippen LogP contribution in [0.1, 0.15) is 19.8 Å². The highest BCUT2D eigenvalue weighted by molar-refractivity contribution is 4.47. The van der Waals surface area contributed by atoms with Gasteiger partial charge in [0.2, 0.25) is 0 Å². The Morgan fingerprint density at radius 1 is 1.17 bits per heavy atom. The van der Waals surface area contributed by atoms with Gasteiger partial charge in [0.25, 0.3) is 0 Å². The fourth-order valence-corrected chi connectivity index (χ4v) is 1.76. The van der Waals surface area contributed by atoms with Gasteiger partial charge in [0, 0.05) is 20.0 Å². The summed E-state index contributed by atoms with van der Waals surface area (Å²) < 4.78 is 5.81. The highest BCUT2D eigenvalue weighted by atomic mass is 16.7. The molecule has 0 aromatic rings. The second-order valence-corrected chi connectivity index (χ2v) is 3.35. The van der Waals surface area contributed by atoms with E-state index in [1.54, 1.807) is 7.11 Å². The van der Waals surface area contributed by atoms with Crippen LogP contribution in [0.3, 0.4) is 0 Å². The largest absolute Gasteiger partial charge is 0.382 e. The van der Waals surface area contributed by atoms with E-state index in [0.29, 0.717) is 6.61 Å².